The highest BCUT2D eigenvalue weighted by atomic mass is 16.2. The minimum Gasteiger partial charge on any atom is -0.339 e. The molecule has 1 saturated heterocycles. The second-order valence-electron chi connectivity index (χ2n) is 7.98. The van der Waals surface area contributed by atoms with Gasteiger partial charge in [0.1, 0.15) is 5.82 Å². The molecule has 0 saturated carbocycles. The Balaban J connectivity index is 1.49. The predicted octanol–water partition coefficient (Wildman–Crippen LogP) is 4.34. The van der Waals surface area contributed by atoms with Gasteiger partial charge in [-0.2, -0.15) is 5.10 Å². The number of nitrogens with zero attached hydrogens (tertiary/aromatic N) is 5. The Kier molecular flexibility index (Phi) is 4.62. The van der Waals surface area contributed by atoms with Crippen LogP contribution < -0.4 is 0 Å². The molecule has 0 bridgehead atoms. The van der Waals surface area contributed by atoms with Crippen molar-refractivity contribution in [3.63, 3.8) is 0 Å². The molecule has 0 radical (unpaired) electrons. The third-order valence-electron chi connectivity index (χ3n) is 6.00. The maximum absolute atomic E-state index is 13.0. The molecule has 4 aromatic rings. The number of amides is 1. The van der Waals surface area contributed by atoms with Gasteiger partial charge in [0.2, 0.25) is 0 Å². The van der Waals surface area contributed by atoms with E-state index in [1.54, 1.807) is 6.20 Å². The lowest BCUT2D eigenvalue weighted by molar-refractivity contribution is 0.0726. The van der Waals surface area contributed by atoms with Gasteiger partial charge in [0.15, 0.2) is 0 Å². The van der Waals surface area contributed by atoms with E-state index < -0.39 is 0 Å². The molecule has 1 amide bonds. The molecule has 3 aromatic heterocycles. The van der Waals surface area contributed by atoms with Crippen molar-refractivity contribution in [2.24, 2.45) is 7.05 Å². The average molecular weight is 399 g/mol. The quantitative estimate of drug-likeness (QED) is 0.515. The van der Waals surface area contributed by atoms with Crippen LogP contribution in [0.2, 0.25) is 0 Å². The van der Waals surface area contributed by atoms with E-state index in [9.17, 15) is 4.79 Å². The number of fused-ring (bicyclic) bond motifs is 1. The van der Waals surface area contributed by atoms with Crippen LogP contribution in [0.5, 0.6) is 0 Å². The van der Waals surface area contributed by atoms with Gasteiger partial charge in [-0.25, -0.2) is 9.50 Å². The first-order valence-electron chi connectivity index (χ1n) is 10.5. The van der Waals surface area contributed by atoms with Crippen molar-refractivity contribution in [3.8, 4) is 22.5 Å². The fourth-order valence-electron chi connectivity index (χ4n) is 4.17. The van der Waals surface area contributed by atoms with Crippen molar-refractivity contribution >= 4 is 11.4 Å². The first-order chi connectivity index (χ1) is 14.6. The Labute approximate surface area is 175 Å². The highest BCUT2D eigenvalue weighted by molar-refractivity contribution is 6.01. The molecule has 0 atom stereocenters. The molecular weight excluding hydrogens is 374 g/mol. The summed E-state index contributed by atoms with van der Waals surface area (Å²) >= 11 is 0. The van der Waals surface area contributed by atoms with Crippen molar-refractivity contribution in [1.29, 1.82) is 0 Å². The number of aromatic nitrogens is 4. The first kappa shape index (κ1) is 18.6. The summed E-state index contributed by atoms with van der Waals surface area (Å²) in [7, 11) is 2.00. The summed E-state index contributed by atoms with van der Waals surface area (Å²) in [5, 5.41) is 4.56. The molecule has 4 heterocycles. The van der Waals surface area contributed by atoms with Crippen LogP contribution in [0.4, 0.5) is 0 Å². The molecule has 0 unspecified atom stereocenters. The molecule has 0 spiro atoms. The van der Waals surface area contributed by atoms with E-state index in [1.165, 1.54) is 6.42 Å². The van der Waals surface area contributed by atoms with Crippen LogP contribution in [-0.4, -0.2) is 43.1 Å². The maximum Gasteiger partial charge on any atom is 0.257 e. The van der Waals surface area contributed by atoms with Gasteiger partial charge in [0, 0.05) is 37.5 Å². The fraction of sp³-hybridized carbons (Fsp3) is 0.292. The molecule has 0 aliphatic carbocycles. The number of benzene rings is 1. The lowest BCUT2D eigenvalue weighted by Gasteiger charge is -2.26. The number of hydrogen-bond acceptors (Lipinski definition) is 3. The number of carbonyl (C=O) groups excluding carboxylic acids is 1. The van der Waals surface area contributed by atoms with Gasteiger partial charge >= 0.3 is 0 Å². The summed E-state index contributed by atoms with van der Waals surface area (Å²) in [5.41, 5.74) is 5.60. The van der Waals surface area contributed by atoms with Crippen LogP contribution in [0, 0.1) is 6.92 Å². The first-order valence-corrected chi connectivity index (χ1v) is 10.5. The van der Waals surface area contributed by atoms with Crippen LogP contribution in [0.15, 0.2) is 54.9 Å². The van der Waals surface area contributed by atoms with Crippen molar-refractivity contribution in [2.75, 3.05) is 13.1 Å². The van der Waals surface area contributed by atoms with Gasteiger partial charge in [-0.3, -0.25) is 4.79 Å². The van der Waals surface area contributed by atoms with Gasteiger partial charge in [0.05, 0.1) is 28.7 Å². The number of rotatable bonds is 3. The third-order valence-corrected chi connectivity index (χ3v) is 6.00. The standard InChI is InChI=1S/C24H25N5O/c1-17-26-21(16-27(17)2)18-9-11-19(12-10-18)22-7-6-8-23-20(15-25-29(22)23)24(30)28-13-4-3-5-14-28/h6-12,15-16H,3-5,13-14H2,1-2H3. The normalized spacial score (nSPS) is 14.4. The maximum atomic E-state index is 13.0. The second-order valence-corrected chi connectivity index (χ2v) is 7.98. The minimum atomic E-state index is 0.0859. The summed E-state index contributed by atoms with van der Waals surface area (Å²) in [5.74, 6) is 1.07. The topological polar surface area (TPSA) is 55.4 Å². The monoisotopic (exact) mass is 399 g/mol. The summed E-state index contributed by atoms with van der Waals surface area (Å²) < 4.78 is 3.89. The molecule has 0 N–H and O–H groups in total. The molecule has 1 aliphatic rings. The molecule has 152 valence electrons. The highest BCUT2D eigenvalue weighted by Gasteiger charge is 2.22. The zero-order chi connectivity index (χ0) is 20.7. The molecule has 1 fully saturated rings. The predicted molar refractivity (Wildman–Crippen MR) is 117 cm³/mol. The Morgan fingerprint density at radius 2 is 1.70 bits per heavy atom. The van der Waals surface area contributed by atoms with Crippen molar-refractivity contribution < 1.29 is 4.79 Å². The summed E-state index contributed by atoms with van der Waals surface area (Å²) in [6, 6.07) is 14.3. The Hall–Kier alpha value is -3.41. The number of pyridine rings is 1. The Morgan fingerprint density at radius 1 is 0.967 bits per heavy atom. The van der Waals surface area contributed by atoms with Crippen LogP contribution >= 0.6 is 0 Å². The number of aryl methyl sites for hydroxylation is 2. The Morgan fingerprint density at radius 3 is 2.40 bits per heavy atom. The van der Waals surface area contributed by atoms with Crippen LogP contribution in [0.3, 0.4) is 0 Å². The largest absolute Gasteiger partial charge is 0.339 e. The lowest BCUT2D eigenvalue weighted by atomic mass is 10.1. The van der Waals surface area contributed by atoms with Crippen molar-refractivity contribution in [1.82, 2.24) is 24.1 Å². The van der Waals surface area contributed by atoms with Gasteiger partial charge in [0.25, 0.3) is 5.91 Å². The van der Waals surface area contributed by atoms with Crippen LogP contribution in [-0.2, 0) is 7.05 Å². The third kappa shape index (κ3) is 3.18. The van der Waals surface area contributed by atoms with Crippen LogP contribution in [0.25, 0.3) is 28.0 Å². The summed E-state index contributed by atoms with van der Waals surface area (Å²) in [6.07, 6.45) is 7.12. The molecule has 30 heavy (non-hydrogen) atoms. The van der Waals surface area contributed by atoms with E-state index >= 15 is 0 Å². The van der Waals surface area contributed by atoms with E-state index in [2.05, 4.69) is 34.3 Å². The van der Waals surface area contributed by atoms with Gasteiger partial charge in [-0.05, 0) is 38.3 Å². The molecule has 6 nitrogen and oxygen atoms in total. The van der Waals surface area contributed by atoms with Gasteiger partial charge in [-0.1, -0.05) is 30.3 Å². The number of likely N-dealkylation sites (tertiary alicyclic amines) is 1. The molecule has 1 aromatic carbocycles. The van der Waals surface area contributed by atoms with Gasteiger partial charge in [-0.15, -0.1) is 0 Å². The summed E-state index contributed by atoms with van der Waals surface area (Å²) in [4.78, 5) is 19.6. The molecule has 6 heteroatoms. The smallest absolute Gasteiger partial charge is 0.257 e. The SMILES string of the molecule is Cc1nc(-c2ccc(-c3cccc4c(C(=O)N5CCCCC5)cnn34)cc2)cn1C. The van der Waals surface area contributed by atoms with Crippen molar-refractivity contribution in [2.45, 2.75) is 26.2 Å². The zero-order valence-corrected chi connectivity index (χ0v) is 17.4. The average Bonchev–Trinajstić information content (AvgIpc) is 3.37. The number of imidazole rings is 1. The van der Waals surface area contributed by atoms with E-state index in [0.29, 0.717) is 5.56 Å². The van der Waals surface area contributed by atoms with E-state index in [-0.39, 0.29) is 5.91 Å². The lowest BCUT2D eigenvalue weighted by Crippen LogP contribution is -2.35. The fourth-order valence-corrected chi connectivity index (χ4v) is 4.17. The molecular formula is C24H25N5O. The minimum absolute atomic E-state index is 0.0859. The van der Waals surface area contributed by atoms with E-state index in [1.807, 2.05) is 52.3 Å². The summed E-state index contributed by atoms with van der Waals surface area (Å²) in [6.45, 7) is 3.67. The van der Waals surface area contributed by atoms with Crippen LogP contribution in [0.1, 0.15) is 35.4 Å². The second kappa shape index (κ2) is 7.44. The zero-order valence-electron chi connectivity index (χ0n) is 17.4. The number of piperidine rings is 1. The highest BCUT2D eigenvalue weighted by Crippen LogP contribution is 2.26. The van der Waals surface area contributed by atoms with E-state index in [4.69, 9.17) is 0 Å². The molecule has 1 aliphatic heterocycles. The number of hydrogen-bond donors (Lipinski definition) is 0. The Bertz CT molecular complexity index is 1190. The van der Waals surface area contributed by atoms with Crippen molar-refractivity contribution in [3.05, 3.63) is 66.2 Å². The number of carbonyl (C=O) groups is 1. The molecule has 5 rings (SSSR count). The van der Waals surface area contributed by atoms with E-state index in [0.717, 1.165) is 59.8 Å². The van der Waals surface area contributed by atoms with Gasteiger partial charge < -0.3 is 9.47 Å².